The first-order valence-electron chi connectivity index (χ1n) is 3.59. The van der Waals surface area contributed by atoms with Crippen molar-refractivity contribution in [3.63, 3.8) is 0 Å². The summed E-state index contributed by atoms with van der Waals surface area (Å²) in [5.74, 6) is -2.66. The summed E-state index contributed by atoms with van der Waals surface area (Å²) < 4.78 is 25.6. The Bertz CT molecular complexity index is 395. The molecule has 0 aromatic heterocycles. The maximum atomic E-state index is 12.8. The van der Waals surface area contributed by atoms with Crippen LogP contribution in [0.2, 0.25) is 0 Å². The summed E-state index contributed by atoms with van der Waals surface area (Å²) in [4.78, 5) is 9.56. The lowest BCUT2D eigenvalue weighted by Crippen LogP contribution is -2.08. The molecule has 7 heteroatoms. The minimum atomic E-state index is -1.42. The zero-order valence-corrected chi connectivity index (χ0v) is 6.96. The molecule has 5 nitrogen and oxygen atoms in total. The van der Waals surface area contributed by atoms with Gasteiger partial charge in [-0.15, -0.1) is 0 Å². The molecule has 0 aliphatic carbocycles. The average molecular weight is 203 g/mol. The lowest BCUT2D eigenvalue weighted by atomic mass is 10.1. The van der Waals surface area contributed by atoms with Crippen LogP contribution in [0.4, 0.5) is 20.2 Å². The van der Waals surface area contributed by atoms with E-state index < -0.39 is 27.9 Å². The van der Waals surface area contributed by atoms with Crippen LogP contribution in [0.25, 0.3) is 0 Å². The van der Waals surface area contributed by atoms with Gasteiger partial charge in [0.15, 0.2) is 17.3 Å². The summed E-state index contributed by atoms with van der Waals surface area (Å²) in [5.41, 5.74) is 8.54. The number of nitrogens with two attached hydrogens (primary N) is 2. The van der Waals surface area contributed by atoms with Crippen molar-refractivity contribution in [2.24, 2.45) is 5.73 Å². The Balaban J connectivity index is 3.53. The van der Waals surface area contributed by atoms with E-state index in [9.17, 15) is 18.9 Å². The first-order valence-corrected chi connectivity index (χ1v) is 3.59. The third-order valence-electron chi connectivity index (χ3n) is 1.71. The van der Waals surface area contributed by atoms with Crippen LogP contribution in [-0.4, -0.2) is 4.92 Å². The Morgan fingerprint density at radius 3 is 2.50 bits per heavy atom. The molecule has 1 aromatic rings. The quantitative estimate of drug-likeness (QED) is 0.424. The van der Waals surface area contributed by atoms with E-state index in [4.69, 9.17) is 11.5 Å². The highest BCUT2D eigenvalue weighted by atomic mass is 19.2. The normalized spacial score (nSPS) is 10.2. The van der Waals surface area contributed by atoms with E-state index in [2.05, 4.69) is 0 Å². The fraction of sp³-hybridized carbons (Fsp3) is 0.143. The Kier molecular flexibility index (Phi) is 2.61. The molecule has 4 N–H and O–H groups in total. The molecule has 0 spiro atoms. The van der Waals surface area contributed by atoms with Crippen LogP contribution in [0.3, 0.4) is 0 Å². The molecule has 0 heterocycles. The van der Waals surface area contributed by atoms with Gasteiger partial charge >= 0.3 is 0 Å². The number of halogens is 2. The van der Waals surface area contributed by atoms with Gasteiger partial charge in [-0.3, -0.25) is 10.1 Å². The smallest absolute Gasteiger partial charge is 0.299 e. The van der Waals surface area contributed by atoms with Gasteiger partial charge in [-0.1, -0.05) is 0 Å². The lowest BCUT2D eigenvalue weighted by molar-refractivity contribution is -0.384. The Morgan fingerprint density at radius 2 is 2.07 bits per heavy atom. The van der Waals surface area contributed by atoms with E-state index in [1.54, 1.807) is 0 Å². The standard InChI is InChI=1S/C7H7F2N3O2/c8-4-1-3(2-10)7(12(13)14)6(11)5(4)9/h1H,2,10-11H2. The molecule has 1 aromatic carbocycles. The van der Waals surface area contributed by atoms with Gasteiger partial charge in [0.2, 0.25) is 0 Å². The molecule has 0 saturated heterocycles. The maximum absolute atomic E-state index is 12.8. The van der Waals surface area contributed by atoms with Gasteiger partial charge in [0.1, 0.15) is 0 Å². The summed E-state index contributed by atoms with van der Waals surface area (Å²) in [6, 6.07) is 0.670. The predicted molar refractivity (Wildman–Crippen MR) is 45.3 cm³/mol. The minimum absolute atomic E-state index is 0.133. The van der Waals surface area contributed by atoms with Crippen LogP contribution in [0, 0.1) is 21.7 Å². The SMILES string of the molecule is NCc1cc(F)c(F)c(N)c1[N+](=O)[O-]. The van der Waals surface area contributed by atoms with Gasteiger partial charge in [0.05, 0.1) is 4.92 Å². The number of benzene rings is 1. The van der Waals surface area contributed by atoms with Crippen LogP contribution >= 0.6 is 0 Å². The van der Waals surface area contributed by atoms with Gasteiger partial charge in [0, 0.05) is 12.1 Å². The zero-order valence-electron chi connectivity index (χ0n) is 6.96. The van der Waals surface area contributed by atoms with Crippen LogP contribution in [0.1, 0.15) is 5.56 Å². The third-order valence-corrected chi connectivity index (χ3v) is 1.71. The summed E-state index contributed by atoms with van der Waals surface area (Å²) in [7, 11) is 0. The summed E-state index contributed by atoms with van der Waals surface area (Å²) in [5, 5.41) is 10.4. The second-order valence-electron chi connectivity index (χ2n) is 2.56. The molecular formula is C7H7F2N3O2. The summed E-state index contributed by atoms with van der Waals surface area (Å²) in [6.45, 7) is -0.280. The molecule has 1 rings (SSSR count). The first kappa shape index (κ1) is 10.3. The van der Waals surface area contributed by atoms with Crippen LogP contribution < -0.4 is 11.5 Å². The van der Waals surface area contributed by atoms with E-state index in [1.807, 2.05) is 0 Å². The molecule has 0 saturated carbocycles. The number of hydrogen-bond acceptors (Lipinski definition) is 4. The third kappa shape index (κ3) is 1.49. The Morgan fingerprint density at radius 1 is 1.50 bits per heavy atom. The molecule has 0 fully saturated rings. The van der Waals surface area contributed by atoms with Crippen LogP contribution in [0.5, 0.6) is 0 Å². The van der Waals surface area contributed by atoms with Crippen molar-refractivity contribution >= 4 is 11.4 Å². The maximum Gasteiger partial charge on any atom is 0.299 e. The van der Waals surface area contributed by atoms with E-state index in [0.29, 0.717) is 6.07 Å². The summed E-state index contributed by atoms with van der Waals surface area (Å²) >= 11 is 0. The predicted octanol–water partition coefficient (Wildman–Crippen LogP) is 0.914. The molecule has 14 heavy (non-hydrogen) atoms. The van der Waals surface area contributed by atoms with Gasteiger partial charge < -0.3 is 11.5 Å². The minimum Gasteiger partial charge on any atom is -0.391 e. The second kappa shape index (κ2) is 3.54. The Hall–Kier alpha value is -1.76. The molecule has 0 aliphatic heterocycles. The number of nitro groups is 1. The highest BCUT2D eigenvalue weighted by Crippen LogP contribution is 2.30. The Labute approximate surface area is 77.5 Å². The van der Waals surface area contributed by atoms with Crippen molar-refractivity contribution in [2.75, 3.05) is 5.73 Å². The van der Waals surface area contributed by atoms with Gasteiger partial charge in [0.25, 0.3) is 5.69 Å². The van der Waals surface area contributed by atoms with Crippen molar-refractivity contribution in [2.45, 2.75) is 6.54 Å². The average Bonchev–Trinajstić information content (AvgIpc) is 2.12. The molecule has 0 unspecified atom stereocenters. The van der Waals surface area contributed by atoms with Crippen molar-refractivity contribution in [1.82, 2.24) is 0 Å². The highest BCUT2D eigenvalue weighted by molar-refractivity contribution is 5.63. The summed E-state index contributed by atoms with van der Waals surface area (Å²) in [6.07, 6.45) is 0. The van der Waals surface area contributed by atoms with E-state index >= 15 is 0 Å². The molecular weight excluding hydrogens is 196 g/mol. The zero-order chi connectivity index (χ0) is 10.9. The number of hydrogen-bond donors (Lipinski definition) is 2. The number of nitrogen functional groups attached to an aromatic ring is 1. The molecule has 0 amide bonds. The van der Waals surface area contributed by atoms with Crippen molar-refractivity contribution in [1.29, 1.82) is 0 Å². The van der Waals surface area contributed by atoms with Crippen molar-refractivity contribution < 1.29 is 13.7 Å². The van der Waals surface area contributed by atoms with Crippen molar-refractivity contribution in [3.05, 3.63) is 33.4 Å². The number of rotatable bonds is 2. The molecule has 0 bridgehead atoms. The second-order valence-corrected chi connectivity index (χ2v) is 2.56. The molecule has 0 atom stereocenters. The first-order chi connectivity index (χ1) is 6.49. The fourth-order valence-corrected chi connectivity index (χ4v) is 1.06. The van der Waals surface area contributed by atoms with Gasteiger partial charge in [-0.05, 0) is 6.07 Å². The van der Waals surface area contributed by atoms with Crippen LogP contribution in [-0.2, 0) is 6.54 Å². The lowest BCUT2D eigenvalue weighted by Gasteiger charge is -2.04. The fourth-order valence-electron chi connectivity index (χ4n) is 1.06. The molecule has 76 valence electrons. The monoisotopic (exact) mass is 203 g/mol. The number of anilines is 1. The van der Waals surface area contributed by atoms with E-state index in [0.717, 1.165) is 0 Å². The number of nitro benzene ring substituents is 1. The van der Waals surface area contributed by atoms with E-state index in [-0.39, 0.29) is 12.1 Å². The molecule has 0 radical (unpaired) electrons. The van der Waals surface area contributed by atoms with E-state index in [1.165, 1.54) is 0 Å². The van der Waals surface area contributed by atoms with Crippen molar-refractivity contribution in [3.8, 4) is 0 Å². The van der Waals surface area contributed by atoms with Gasteiger partial charge in [-0.2, -0.15) is 0 Å². The highest BCUT2D eigenvalue weighted by Gasteiger charge is 2.23. The topological polar surface area (TPSA) is 95.2 Å². The van der Waals surface area contributed by atoms with Gasteiger partial charge in [-0.25, -0.2) is 8.78 Å². The largest absolute Gasteiger partial charge is 0.391 e. The number of nitrogens with zero attached hydrogens (tertiary/aromatic N) is 1. The molecule has 0 aliphatic rings. The van der Waals surface area contributed by atoms with Crippen LogP contribution in [0.15, 0.2) is 6.07 Å².